The quantitative estimate of drug-likeness (QED) is 0.630. The average Bonchev–Trinajstić information content (AvgIpc) is 2.16. The lowest BCUT2D eigenvalue weighted by Crippen LogP contribution is -2.16. The van der Waals surface area contributed by atoms with Gasteiger partial charge in [-0.3, -0.25) is 9.59 Å². The van der Waals surface area contributed by atoms with Crippen LogP contribution in [0.4, 0.5) is 5.69 Å². The summed E-state index contributed by atoms with van der Waals surface area (Å²) < 4.78 is 0. The summed E-state index contributed by atoms with van der Waals surface area (Å²) in [6, 6.07) is 6.96. The molecule has 0 saturated carbocycles. The third kappa shape index (κ3) is 3.78. The molecule has 0 atom stereocenters. The third-order valence-electron chi connectivity index (χ3n) is 1.76. The molecule has 0 aliphatic carbocycles. The summed E-state index contributed by atoms with van der Waals surface area (Å²) in [4.78, 5) is 21.3. The van der Waals surface area contributed by atoms with Gasteiger partial charge >= 0.3 is 5.97 Å². The van der Waals surface area contributed by atoms with Crippen molar-refractivity contribution in [3.63, 3.8) is 0 Å². The van der Waals surface area contributed by atoms with E-state index >= 15 is 0 Å². The Morgan fingerprint density at radius 2 is 2.13 bits per heavy atom. The van der Waals surface area contributed by atoms with E-state index in [-0.39, 0.29) is 0 Å². The number of aliphatic carboxylic acids is 1. The molecule has 5 heteroatoms. The van der Waals surface area contributed by atoms with Crippen LogP contribution in [0.15, 0.2) is 24.3 Å². The monoisotopic (exact) mass is 208 g/mol. The second kappa shape index (κ2) is 5.11. The fraction of sp³-hybridized carbons (Fsp3) is 0.200. The summed E-state index contributed by atoms with van der Waals surface area (Å²) in [5.74, 6) is -1.70. The maximum atomic E-state index is 11.1. The van der Waals surface area contributed by atoms with Crippen molar-refractivity contribution in [3.8, 4) is 0 Å². The number of carboxylic acids is 1. The van der Waals surface area contributed by atoms with Crippen molar-refractivity contribution in [2.75, 3.05) is 5.32 Å². The Morgan fingerprint density at radius 1 is 1.40 bits per heavy atom. The first-order valence-electron chi connectivity index (χ1n) is 4.42. The van der Waals surface area contributed by atoms with Gasteiger partial charge in [-0.2, -0.15) is 0 Å². The van der Waals surface area contributed by atoms with Crippen LogP contribution in [0.5, 0.6) is 0 Å². The minimum absolute atomic E-state index is 0.378. The topological polar surface area (TPSA) is 92.4 Å². The Balaban J connectivity index is 2.63. The first-order chi connectivity index (χ1) is 7.11. The number of nitrogens with two attached hydrogens (primary N) is 1. The van der Waals surface area contributed by atoms with Gasteiger partial charge in [0.25, 0.3) is 0 Å². The highest BCUT2D eigenvalue weighted by atomic mass is 16.4. The van der Waals surface area contributed by atoms with Crippen LogP contribution >= 0.6 is 0 Å². The number of benzene rings is 1. The molecule has 5 nitrogen and oxygen atoms in total. The van der Waals surface area contributed by atoms with E-state index in [4.69, 9.17) is 10.8 Å². The fourth-order valence-electron chi connectivity index (χ4n) is 1.12. The molecular formula is C10H12N2O3. The second-order valence-electron chi connectivity index (χ2n) is 3.02. The number of nitrogens with one attached hydrogen (secondary N) is 1. The van der Waals surface area contributed by atoms with Gasteiger partial charge in [0.1, 0.15) is 6.42 Å². The van der Waals surface area contributed by atoms with E-state index < -0.39 is 18.3 Å². The number of amides is 1. The molecule has 0 bridgehead atoms. The molecule has 0 aliphatic rings. The van der Waals surface area contributed by atoms with Crippen molar-refractivity contribution in [3.05, 3.63) is 29.8 Å². The van der Waals surface area contributed by atoms with Gasteiger partial charge in [0.05, 0.1) is 0 Å². The highest BCUT2D eigenvalue weighted by Gasteiger charge is 2.07. The van der Waals surface area contributed by atoms with Gasteiger partial charge in [-0.15, -0.1) is 0 Å². The first kappa shape index (κ1) is 11.2. The summed E-state index contributed by atoms with van der Waals surface area (Å²) in [5.41, 5.74) is 6.86. The second-order valence-corrected chi connectivity index (χ2v) is 3.02. The number of carboxylic acid groups (broad SMARTS) is 1. The van der Waals surface area contributed by atoms with Crippen molar-refractivity contribution >= 4 is 17.6 Å². The van der Waals surface area contributed by atoms with E-state index in [1.807, 2.05) is 6.07 Å². The number of rotatable bonds is 4. The minimum atomic E-state index is -1.15. The maximum absolute atomic E-state index is 11.1. The van der Waals surface area contributed by atoms with Crippen LogP contribution in [0.3, 0.4) is 0 Å². The highest BCUT2D eigenvalue weighted by Crippen LogP contribution is 2.10. The molecule has 0 fully saturated rings. The van der Waals surface area contributed by atoms with Gasteiger partial charge in [0.2, 0.25) is 5.91 Å². The predicted molar refractivity (Wildman–Crippen MR) is 55.2 cm³/mol. The molecule has 0 unspecified atom stereocenters. The third-order valence-corrected chi connectivity index (χ3v) is 1.76. The molecule has 4 N–H and O–H groups in total. The van der Waals surface area contributed by atoms with Crippen LogP contribution in [-0.2, 0) is 16.1 Å². The molecule has 1 amide bonds. The lowest BCUT2D eigenvalue weighted by Gasteiger charge is -2.04. The summed E-state index contributed by atoms with van der Waals surface area (Å²) >= 11 is 0. The number of carbonyl (C=O) groups is 2. The molecule has 0 aromatic heterocycles. The molecule has 80 valence electrons. The van der Waals surface area contributed by atoms with Crippen LogP contribution in [-0.4, -0.2) is 17.0 Å². The standard InChI is InChI=1S/C10H12N2O3/c11-6-7-2-1-3-8(4-7)12-9(13)5-10(14)15/h1-4H,5-6,11H2,(H,12,13)(H,14,15). The van der Waals surface area contributed by atoms with Gasteiger partial charge in [-0.1, -0.05) is 12.1 Å². The van der Waals surface area contributed by atoms with E-state index in [1.54, 1.807) is 18.2 Å². The normalized spacial score (nSPS) is 9.67. The molecule has 1 rings (SSSR count). The molecule has 0 radical (unpaired) electrons. The largest absolute Gasteiger partial charge is 0.481 e. The smallest absolute Gasteiger partial charge is 0.312 e. The zero-order valence-corrected chi connectivity index (χ0v) is 8.06. The van der Waals surface area contributed by atoms with Crippen molar-refractivity contribution in [1.29, 1.82) is 0 Å². The SMILES string of the molecule is NCc1cccc(NC(=O)CC(=O)O)c1. The van der Waals surface area contributed by atoms with E-state index in [0.29, 0.717) is 12.2 Å². The van der Waals surface area contributed by atoms with E-state index in [2.05, 4.69) is 5.32 Å². The molecule has 0 heterocycles. The Bertz CT molecular complexity index is 377. The molecule has 1 aromatic carbocycles. The van der Waals surface area contributed by atoms with Gasteiger partial charge in [-0.05, 0) is 17.7 Å². The first-order valence-corrected chi connectivity index (χ1v) is 4.42. The summed E-state index contributed by atoms with van der Waals surface area (Å²) in [6.45, 7) is 0.378. The summed E-state index contributed by atoms with van der Waals surface area (Å²) in [7, 11) is 0. The predicted octanol–water partition coefficient (Wildman–Crippen LogP) is 0.558. The molecule has 0 saturated heterocycles. The van der Waals surface area contributed by atoms with Crippen molar-refractivity contribution in [2.24, 2.45) is 5.73 Å². The van der Waals surface area contributed by atoms with Gasteiger partial charge in [0, 0.05) is 12.2 Å². The lowest BCUT2D eigenvalue weighted by molar-refractivity contribution is -0.139. The van der Waals surface area contributed by atoms with E-state index in [1.165, 1.54) is 0 Å². The van der Waals surface area contributed by atoms with Crippen LogP contribution < -0.4 is 11.1 Å². The zero-order chi connectivity index (χ0) is 11.3. The van der Waals surface area contributed by atoms with Crippen molar-refractivity contribution in [2.45, 2.75) is 13.0 Å². The van der Waals surface area contributed by atoms with Gasteiger partial charge in [-0.25, -0.2) is 0 Å². The number of carbonyl (C=O) groups excluding carboxylic acids is 1. The van der Waals surface area contributed by atoms with E-state index in [9.17, 15) is 9.59 Å². The molecule has 1 aromatic rings. The molecule has 15 heavy (non-hydrogen) atoms. The van der Waals surface area contributed by atoms with Crippen LogP contribution in [0.25, 0.3) is 0 Å². The van der Waals surface area contributed by atoms with Gasteiger partial charge < -0.3 is 16.2 Å². The lowest BCUT2D eigenvalue weighted by atomic mass is 10.2. The van der Waals surface area contributed by atoms with Crippen molar-refractivity contribution < 1.29 is 14.7 Å². The Kier molecular flexibility index (Phi) is 3.82. The zero-order valence-electron chi connectivity index (χ0n) is 8.06. The van der Waals surface area contributed by atoms with Gasteiger partial charge in [0.15, 0.2) is 0 Å². The molecule has 0 spiro atoms. The molecule has 0 aliphatic heterocycles. The van der Waals surface area contributed by atoms with Crippen LogP contribution in [0.2, 0.25) is 0 Å². The van der Waals surface area contributed by atoms with Crippen molar-refractivity contribution in [1.82, 2.24) is 0 Å². The number of hydrogen-bond donors (Lipinski definition) is 3. The average molecular weight is 208 g/mol. The molecular weight excluding hydrogens is 196 g/mol. The Morgan fingerprint density at radius 3 is 2.73 bits per heavy atom. The van der Waals surface area contributed by atoms with E-state index in [0.717, 1.165) is 5.56 Å². The minimum Gasteiger partial charge on any atom is -0.481 e. The van der Waals surface area contributed by atoms with Crippen LogP contribution in [0.1, 0.15) is 12.0 Å². The Hall–Kier alpha value is -1.88. The number of hydrogen-bond acceptors (Lipinski definition) is 3. The fourth-order valence-corrected chi connectivity index (χ4v) is 1.12. The van der Waals surface area contributed by atoms with Crippen LogP contribution in [0, 0.1) is 0 Å². The summed E-state index contributed by atoms with van der Waals surface area (Å²) in [5, 5.41) is 10.9. The highest BCUT2D eigenvalue weighted by molar-refractivity contribution is 6.01. The number of anilines is 1. The Labute approximate surface area is 86.9 Å². The maximum Gasteiger partial charge on any atom is 0.312 e. The summed E-state index contributed by atoms with van der Waals surface area (Å²) in [6.07, 6.45) is -0.535.